The van der Waals surface area contributed by atoms with Crippen molar-refractivity contribution >= 4 is 0 Å². The molecular formula is C14H29N3. The maximum atomic E-state index is 3.50. The van der Waals surface area contributed by atoms with Gasteiger partial charge in [-0.3, -0.25) is 4.90 Å². The van der Waals surface area contributed by atoms with Crippen molar-refractivity contribution in [2.24, 2.45) is 5.92 Å². The second-order valence-electron chi connectivity index (χ2n) is 6.14. The second kappa shape index (κ2) is 6.17. The highest BCUT2D eigenvalue weighted by atomic mass is 15.2. The van der Waals surface area contributed by atoms with Gasteiger partial charge < -0.3 is 10.2 Å². The van der Waals surface area contributed by atoms with E-state index < -0.39 is 0 Å². The van der Waals surface area contributed by atoms with E-state index in [0.717, 1.165) is 18.0 Å². The maximum absolute atomic E-state index is 3.50. The zero-order valence-corrected chi connectivity index (χ0v) is 11.8. The van der Waals surface area contributed by atoms with Gasteiger partial charge >= 0.3 is 0 Å². The molecule has 2 aliphatic rings. The molecule has 2 atom stereocenters. The lowest BCUT2D eigenvalue weighted by atomic mass is 9.94. The van der Waals surface area contributed by atoms with Crippen molar-refractivity contribution in [3.63, 3.8) is 0 Å². The van der Waals surface area contributed by atoms with Crippen LogP contribution in [0.3, 0.4) is 0 Å². The molecule has 1 saturated heterocycles. The first-order valence-electron chi connectivity index (χ1n) is 7.26. The van der Waals surface area contributed by atoms with Crippen LogP contribution in [0.25, 0.3) is 0 Å². The number of hydrogen-bond donors (Lipinski definition) is 1. The van der Waals surface area contributed by atoms with Crippen molar-refractivity contribution in [2.45, 2.75) is 44.2 Å². The fourth-order valence-electron chi connectivity index (χ4n) is 3.70. The summed E-state index contributed by atoms with van der Waals surface area (Å²) < 4.78 is 0. The van der Waals surface area contributed by atoms with Gasteiger partial charge in [-0.05, 0) is 65.8 Å². The third-order valence-corrected chi connectivity index (χ3v) is 4.59. The van der Waals surface area contributed by atoms with E-state index in [1.807, 2.05) is 0 Å². The smallest absolute Gasteiger partial charge is 0.0249 e. The number of piperidine rings is 1. The van der Waals surface area contributed by atoms with E-state index in [4.69, 9.17) is 0 Å². The number of hydrogen-bond acceptors (Lipinski definition) is 3. The Morgan fingerprint density at radius 3 is 2.41 bits per heavy atom. The van der Waals surface area contributed by atoms with E-state index in [-0.39, 0.29) is 0 Å². The minimum atomic E-state index is 0.750. The summed E-state index contributed by atoms with van der Waals surface area (Å²) in [7, 11) is 6.52. The predicted octanol–water partition coefficient (Wildman–Crippen LogP) is 1.40. The Morgan fingerprint density at radius 1 is 1.12 bits per heavy atom. The molecule has 17 heavy (non-hydrogen) atoms. The van der Waals surface area contributed by atoms with Gasteiger partial charge in [-0.2, -0.15) is 0 Å². The molecule has 1 N–H and O–H groups in total. The molecule has 3 heteroatoms. The normalized spacial score (nSPS) is 32.5. The van der Waals surface area contributed by atoms with Gasteiger partial charge in [-0.1, -0.05) is 6.42 Å². The maximum Gasteiger partial charge on any atom is 0.0249 e. The first-order valence-corrected chi connectivity index (χ1v) is 7.26. The highest BCUT2D eigenvalue weighted by Gasteiger charge is 2.33. The van der Waals surface area contributed by atoms with Gasteiger partial charge in [0.25, 0.3) is 0 Å². The molecule has 0 aromatic heterocycles. The van der Waals surface area contributed by atoms with Gasteiger partial charge in [0.2, 0.25) is 0 Å². The summed E-state index contributed by atoms with van der Waals surface area (Å²) in [5.41, 5.74) is 0. The summed E-state index contributed by atoms with van der Waals surface area (Å²) in [5.74, 6) is 0.927. The average Bonchev–Trinajstić information content (AvgIpc) is 2.77. The Balaban J connectivity index is 1.78. The molecule has 0 aromatic carbocycles. The number of rotatable bonds is 4. The van der Waals surface area contributed by atoms with Crippen LogP contribution < -0.4 is 5.32 Å². The summed E-state index contributed by atoms with van der Waals surface area (Å²) in [5, 5.41) is 3.50. The summed E-state index contributed by atoms with van der Waals surface area (Å²) in [4.78, 5) is 5.09. The first kappa shape index (κ1) is 13.3. The van der Waals surface area contributed by atoms with Crippen LogP contribution in [0.4, 0.5) is 0 Å². The highest BCUT2D eigenvalue weighted by Crippen LogP contribution is 2.28. The lowest BCUT2D eigenvalue weighted by Gasteiger charge is -2.39. The van der Waals surface area contributed by atoms with Crippen LogP contribution in [0.1, 0.15) is 32.1 Å². The molecule has 1 aliphatic heterocycles. The van der Waals surface area contributed by atoms with Crippen LogP contribution in [-0.4, -0.2) is 62.7 Å². The fraction of sp³-hybridized carbons (Fsp3) is 1.00. The van der Waals surface area contributed by atoms with E-state index in [0.29, 0.717) is 0 Å². The molecule has 2 fully saturated rings. The molecular weight excluding hydrogens is 210 g/mol. The first-order chi connectivity index (χ1) is 8.20. The van der Waals surface area contributed by atoms with E-state index in [1.165, 1.54) is 51.7 Å². The van der Waals surface area contributed by atoms with Crippen LogP contribution >= 0.6 is 0 Å². The highest BCUT2D eigenvalue weighted by molar-refractivity contribution is 4.91. The fourth-order valence-corrected chi connectivity index (χ4v) is 3.70. The van der Waals surface area contributed by atoms with Crippen LogP contribution in [-0.2, 0) is 0 Å². The largest absolute Gasteiger partial charge is 0.315 e. The van der Waals surface area contributed by atoms with Crippen molar-refractivity contribution in [1.29, 1.82) is 0 Å². The van der Waals surface area contributed by atoms with Crippen molar-refractivity contribution in [3.8, 4) is 0 Å². The van der Waals surface area contributed by atoms with Crippen LogP contribution in [0.2, 0.25) is 0 Å². The molecule has 1 saturated carbocycles. The number of likely N-dealkylation sites (N-methyl/N-ethyl adjacent to an activating group) is 1. The lowest BCUT2D eigenvalue weighted by Crippen LogP contribution is -2.49. The monoisotopic (exact) mass is 239 g/mol. The van der Waals surface area contributed by atoms with Crippen molar-refractivity contribution < 1.29 is 0 Å². The molecule has 3 nitrogen and oxygen atoms in total. The summed E-state index contributed by atoms with van der Waals surface area (Å²) in [6.45, 7) is 3.91. The average molecular weight is 239 g/mol. The van der Waals surface area contributed by atoms with Gasteiger partial charge in [-0.15, -0.1) is 0 Å². The van der Waals surface area contributed by atoms with Crippen LogP contribution in [0.15, 0.2) is 0 Å². The van der Waals surface area contributed by atoms with Gasteiger partial charge in [0.1, 0.15) is 0 Å². The molecule has 0 radical (unpaired) electrons. The van der Waals surface area contributed by atoms with Crippen LogP contribution in [0.5, 0.6) is 0 Å². The molecule has 0 bridgehead atoms. The molecule has 1 aliphatic carbocycles. The molecule has 100 valence electrons. The Labute approximate surface area is 107 Å². The van der Waals surface area contributed by atoms with E-state index in [9.17, 15) is 0 Å². The summed E-state index contributed by atoms with van der Waals surface area (Å²) >= 11 is 0. The van der Waals surface area contributed by atoms with Crippen molar-refractivity contribution in [3.05, 3.63) is 0 Å². The third kappa shape index (κ3) is 3.43. The minimum Gasteiger partial charge on any atom is -0.315 e. The second-order valence-corrected chi connectivity index (χ2v) is 6.14. The van der Waals surface area contributed by atoms with Crippen molar-refractivity contribution in [1.82, 2.24) is 15.1 Å². The third-order valence-electron chi connectivity index (χ3n) is 4.59. The zero-order chi connectivity index (χ0) is 12.3. The van der Waals surface area contributed by atoms with Gasteiger partial charge in [0.05, 0.1) is 0 Å². The Kier molecular flexibility index (Phi) is 4.83. The van der Waals surface area contributed by atoms with Crippen LogP contribution in [0, 0.1) is 5.92 Å². The summed E-state index contributed by atoms with van der Waals surface area (Å²) in [6, 6.07) is 1.57. The Hall–Kier alpha value is -0.120. The van der Waals surface area contributed by atoms with Gasteiger partial charge in [0, 0.05) is 18.6 Å². The standard InChI is InChI=1S/C14H29N3/c1-15-13-5-4-6-14(13)17-9-7-12(8-10-17)11-16(2)3/h12-15H,4-11H2,1-3H3. The number of nitrogens with zero attached hydrogens (tertiary/aromatic N) is 2. The topological polar surface area (TPSA) is 18.5 Å². The number of nitrogens with one attached hydrogen (secondary N) is 1. The Morgan fingerprint density at radius 2 is 1.82 bits per heavy atom. The molecule has 2 unspecified atom stereocenters. The number of likely N-dealkylation sites (tertiary alicyclic amines) is 1. The molecule has 0 spiro atoms. The SMILES string of the molecule is CNC1CCCC1N1CCC(CN(C)C)CC1. The Bertz CT molecular complexity index is 222. The van der Waals surface area contributed by atoms with E-state index in [1.54, 1.807) is 0 Å². The van der Waals surface area contributed by atoms with E-state index >= 15 is 0 Å². The molecule has 0 amide bonds. The van der Waals surface area contributed by atoms with Gasteiger partial charge in [-0.25, -0.2) is 0 Å². The molecule has 1 heterocycles. The quantitative estimate of drug-likeness (QED) is 0.800. The lowest BCUT2D eigenvalue weighted by molar-refractivity contribution is 0.109. The van der Waals surface area contributed by atoms with E-state index in [2.05, 4.69) is 36.3 Å². The summed E-state index contributed by atoms with van der Waals surface area (Å²) in [6.07, 6.45) is 6.98. The van der Waals surface area contributed by atoms with Crippen molar-refractivity contribution in [2.75, 3.05) is 40.8 Å². The zero-order valence-electron chi connectivity index (χ0n) is 11.8. The molecule has 2 rings (SSSR count). The molecule has 0 aromatic rings. The van der Waals surface area contributed by atoms with Gasteiger partial charge in [0.15, 0.2) is 0 Å². The minimum absolute atomic E-state index is 0.750. The predicted molar refractivity (Wildman–Crippen MR) is 73.3 cm³/mol.